The summed E-state index contributed by atoms with van der Waals surface area (Å²) in [6, 6.07) is 0. The van der Waals surface area contributed by atoms with Gasteiger partial charge in [-0.05, 0) is 0 Å². The molecule has 0 amide bonds. The van der Waals surface area contributed by atoms with Crippen LogP contribution >= 0.6 is 0 Å². The summed E-state index contributed by atoms with van der Waals surface area (Å²) in [5, 5.41) is 12.3. The summed E-state index contributed by atoms with van der Waals surface area (Å²) in [6.45, 7) is 4.04. The van der Waals surface area contributed by atoms with Gasteiger partial charge >= 0.3 is 5.97 Å². The summed E-state index contributed by atoms with van der Waals surface area (Å²) >= 11 is 0. The molecule has 0 aromatic carbocycles. The Kier molecular flexibility index (Phi) is 2.06. The Bertz CT molecular complexity index is 278. The quantitative estimate of drug-likeness (QED) is 0.651. The highest BCUT2D eigenvalue weighted by molar-refractivity contribution is 5.86. The van der Waals surface area contributed by atoms with Gasteiger partial charge in [0.15, 0.2) is 0 Å². The first-order chi connectivity index (χ1) is 5.24. The van der Waals surface area contributed by atoms with E-state index in [4.69, 9.17) is 5.11 Å². The number of carboxylic acid groups (broad SMARTS) is 1. The number of hydrogen-bond donors (Lipinski definition) is 1. The van der Waals surface area contributed by atoms with Crippen LogP contribution < -0.4 is 0 Å². The predicted octanol–water partition coefficient (Wildman–Crippen LogP) is 0.767. The van der Waals surface area contributed by atoms with Crippen molar-refractivity contribution in [3.05, 3.63) is 30.6 Å². The molecule has 0 atom stereocenters. The topological polar surface area (TPSA) is 55.1 Å². The lowest BCUT2D eigenvalue weighted by molar-refractivity contribution is 0.0697. The van der Waals surface area contributed by atoms with Gasteiger partial charge in [-0.3, -0.25) is 4.68 Å². The van der Waals surface area contributed by atoms with E-state index in [2.05, 4.69) is 11.7 Å². The third-order valence-corrected chi connectivity index (χ3v) is 1.20. The van der Waals surface area contributed by atoms with Gasteiger partial charge in [-0.15, -0.1) is 6.58 Å². The molecule has 4 heteroatoms. The molecule has 0 aliphatic carbocycles. The highest BCUT2D eigenvalue weighted by Crippen LogP contribution is 1.96. The molecule has 1 heterocycles. The van der Waals surface area contributed by atoms with E-state index < -0.39 is 5.97 Å². The van der Waals surface area contributed by atoms with Crippen LogP contribution in [0.15, 0.2) is 25.0 Å². The third kappa shape index (κ3) is 1.67. The van der Waals surface area contributed by atoms with Gasteiger partial charge in [-0.2, -0.15) is 5.10 Å². The molecule has 0 spiro atoms. The van der Waals surface area contributed by atoms with Gasteiger partial charge in [0.2, 0.25) is 0 Å². The van der Waals surface area contributed by atoms with E-state index in [1.54, 1.807) is 6.08 Å². The zero-order valence-electron chi connectivity index (χ0n) is 5.90. The molecule has 0 bridgehead atoms. The average molecular weight is 152 g/mol. The summed E-state index contributed by atoms with van der Waals surface area (Å²) in [5.41, 5.74) is 0.201. The summed E-state index contributed by atoms with van der Waals surface area (Å²) < 4.78 is 1.51. The van der Waals surface area contributed by atoms with Crippen molar-refractivity contribution in [3.63, 3.8) is 0 Å². The largest absolute Gasteiger partial charge is 0.478 e. The second-order valence-electron chi connectivity index (χ2n) is 2.04. The van der Waals surface area contributed by atoms with Crippen LogP contribution in [0.25, 0.3) is 0 Å². The molecular formula is C7H8N2O2. The van der Waals surface area contributed by atoms with Crippen molar-refractivity contribution in [2.45, 2.75) is 6.54 Å². The minimum absolute atomic E-state index is 0.201. The van der Waals surface area contributed by atoms with E-state index in [1.807, 2.05) is 0 Å². The first-order valence-corrected chi connectivity index (χ1v) is 3.10. The Morgan fingerprint density at radius 1 is 1.91 bits per heavy atom. The average Bonchev–Trinajstić information content (AvgIpc) is 2.37. The fourth-order valence-corrected chi connectivity index (χ4v) is 0.706. The maximum absolute atomic E-state index is 10.3. The Hall–Kier alpha value is -1.58. The highest BCUT2D eigenvalue weighted by Gasteiger charge is 2.03. The fourth-order valence-electron chi connectivity index (χ4n) is 0.706. The Morgan fingerprint density at radius 2 is 2.64 bits per heavy atom. The number of carboxylic acids is 1. The molecule has 1 N–H and O–H groups in total. The van der Waals surface area contributed by atoms with Crippen molar-refractivity contribution in [2.75, 3.05) is 0 Å². The zero-order chi connectivity index (χ0) is 8.27. The van der Waals surface area contributed by atoms with E-state index in [-0.39, 0.29) is 5.56 Å². The molecule has 0 radical (unpaired) electrons. The van der Waals surface area contributed by atoms with Crippen molar-refractivity contribution in [1.29, 1.82) is 0 Å². The van der Waals surface area contributed by atoms with Gasteiger partial charge in [0.1, 0.15) is 0 Å². The lowest BCUT2D eigenvalue weighted by atomic mass is 10.4. The highest BCUT2D eigenvalue weighted by atomic mass is 16.4. The van der Waals surface area contributed by atoms with E-state index in [0.717, 1.165) is 0 Å². The van der Waals surface area contributed by atoms with Crippen molar-refractivity contribution >= 4 is 5.97 Å². The Morgan fingerprint density at radius 3 is 3.09 bits per heavy atom. The van der Waals surface area contributed by atoms with Crippen LogP contribution in [0, 0.1) is 0 Å². The molecule has 0 saturated carbocycles. The summed E-state index contributed by atoms with van der Waals surface area (Å²) in [6.07, 6.45) is 4.43. The zero-order valence-corrected chi connectivity index (χ0v) is 5.90. The van der Waals surface area contributed by atoms with Gasteiger partial charge in [0, 0.05) is 6.20 Å². The monoisotopic (exact) mass is 152 g/mol. The van der Waals surface area contributed by atoms with Crippen LogP contribution in [0.2, 0.25) is 0 Å². The summed E-state index contributed by atoms with van der Waals surface area (Å²) in [7, 11) is 0. The van der Waals surface area contributed by atoms with Crippen molar-refractivity contribution < 1.29 is 9.90 Å². The van der Waals surface area contributed by atoms with Gasteiger partial charge in [0.05, 0.1) is 18.3 Å². The van der Waals surface area contributed by atoms with Crippen LogP contribution in [0.1, 0.15) is 10.4 Å². The molecule has 0 fully saturated rings. The van der Waals surface area contributed by atoms with Crippen molar-refractivity contribution in [3.8, 4) is 0 Å². The van der Waals surface area contributed by atoms with E-state index >= 15 is 0 Å². The number of carbonyl (C=O) groups is 1. The molecule has 0 saturated heterocycles. The molecule has 1 aromatic rings. The first kappa shape index (κ1) is 7.53. The first-order valence-electron chi connectivity index (χ1n) is 3.10. The van der Waals surface area contributed by atoms with Crippen LogP contribution in [0.4, 0.5) is 0 Å². The summed E-state index contributed by atoms with van der Waals surface area (Å²) in [4.78, 5) is 10.3. The molecule has 1 aromatic heterocycles. The standard InChI is InChI=1S/C7H8N2O2/c1-2-3-9-5-6(4-8-9)7(10)11/h2,4-5H,1,3H2,(H,10,11). The maximum Gasteiger partial charge on any atom is 0.338 e. The second kappa shape index (κ2) is 3.01. The maximum atomic E-state index is 10.3. The van der Waals surface area contributed by atoms with E-state index in [0.29, 0.717) is 6.54 Å². The molecule has 0 unspecified atom stereocenters. The van der Waals surface area contributed by atoms with Crippen molar-refractivity contribution in [2.24, 2.45) is 0 Å². The molecule has 4 nitrogen and oxygen atoms in total. The minimum Gasteiger partial charge on any atom is -0.478 e. The number of hydrogen-bond acceptors (Lipinski definition) is 2. The molecule has 1 rings (SSSR count). The van der Waals surface area contributed by atoms with Gasteiger partial charge < -0.3 is 5.11 Å². The van der Waals surface area contributed by atoms with Crippen LogP contribution in [-0.4, -0.2) is 20.9 Å². The van der Waals surface area contributed by atoms with Crippen LogP contribution in [0.3, 0.4) is 0 Å². The number of aromatic carboxylic acids is 1. The number of aromatic nitrogens is 2. The molecule has 11 heavy (non-hydrogen) atoms. The van der Waals surface area contributed by atoms with Crippen LogP contribution in [0.5, 0.6) is 0 Å². The lowest BCUT2D eigenvalue weighted by Crippen LogP contribution is -1.95. The van der Waals surface area contributed by atoms with E-state index in [9.17, 15) is 4.79 Å². The molecule has 0 aliphatic rings. The second-order valence-corrected chi connectivity index (χ2v) is 2.04. The smallest absolute Gasteiger partial charge is 0.338 e. The molecule has 0 aliphatic heterocycles. The SMILES string of the molecule is C=CCn1cc(C(=O)O)cn1. The lowest BCUT2D eigenvalue weighted by Gasteiger charge is -1.90. The number of rotatable bonds is 3. The Labute approximate surface area is 63.8 Å². The molecule has 58 valence electrons. The Balaban J connectivity index is 2.81. The number of allylic oxidation sites excluding steroid dienone is 1. The van der Waals surface area contributed by atoms with Gasteiger partial charge in [0.25, 0.3) is 0 Å². The molecular weight excluding hydrogens is 144 g/mol. The third-order valence-electron chi connectivity index (χ3n) is 1.20. The normalized spacial score (nSPS) is 9.45. The van der Waals surface area contributed by atoms with Gasteiger partial charge in [-0.25, -0.2) is 4.79 Å². The van der Waals surface area contributed by atoms with Crippen molar-refractivity contribution in [1.82, 2.24) is 9.78 Å². The van der Waals surface area contributed by atoms with E-state index in [1.165, 1.54) is 17.1 Å². The minimum atomic E-state index is -0.958. The fraction of sp³-hybridized carbons (Fsp3) is 0.143. The summed E-state index contributed by atoms with van der Waals surface area (Å²) in [5.74, 6) is -0.958. The number of nitrogens with zero attached hydrogens (tertiary/aromatic N) is 2. The van der Waals surface area contributed by atoms with Crippen LogP contribution in [-0.2, 0) is 6.54 Å². The predicted molar refractivity (Wildman–Crippen MR) is 39.4 cm³/mol. The van der Waals surface area contributed by atoms with Gasteiger partial charge in [-0.1, -0.05) is 6.08 Å².